The van der Waals surface area contributed by atoms with Crippen molar-refractivity contribution < 1.29 is 14.6 Å². The van der Waals surface area contributed by atoms with Crippen LogP contribution in [0.2, 0.25) is 0 Å². The van der Waals surface area contributed by atoms with Crippen molar-refractivity contribution in [2.24, 2.45) is 0 Å². The molecule has 1 heterocycles. The summed E-state index contributed by atoms with van der Waals surface area (Å²) in [6, 6.07) is 10.0. The zero-order chi connectivity index (χ0) is 14.8. The molecule has 1 unspecified atom stereocenters. The van der Waals surface area contributed by atoms with Crippen molar-refractivity contribution in [2.75, 3.05) is 6.54 Å². The van der Waals surface area contributed by atoms with Gasteiger partial charge in [-0.3, -0.25) is 0 Å². The number of benzene rings is 1. The molecule has 1 amide bonds. The van der Waals surface area contributed by atoms with Gasteiger partial charge in [0.1, 0.15) is 5.60 Å². The molecule has 2 rings (SSSR count). The number of aliphatic hydroxyl groups excluding tert-OH is 1. The minimum Gasteiger partial charge on any atom is -0.444 e. The normalized spacial score (nSPS) is 22.9. The van der Waals surface area contributed by atoms with Crippen LogP contribution >= 0.6 is 0 Å². The van der Waals surface area contributed by atoms with Crippen LogP contribution in [0.3, 0.4) is 0 Å². The van der Waals surface area contributed by atoms with Gasteiger partial charge in [-0.05, 0) is 39.2 Å². The molecule has 0 saturated carbocycles. The molecule has 4 nitrogen and oxygen atoms in total. The van der Waals surface area contributed by atoms with Crippen molar-refractivity contribution in [1.82, 2.24) is 4.90 Å². The highest BCUT2D eigenvalue weighted by molar-refractivity contribution is 5.69. The SMILES string of the molecule is CC(C)(C)OC(=O)N1C[C@H](O)CC1Cc1ccccc1. The molecule has 110 valence electrons. The fourth-order valence-corrected chi connectivity index (χ4v) is 2.52. The van der Waals surface area contributed by atoms with Crippen molar-refractivity contribution in [3.8, 4) is 0 Å². The zero-order valence-electron chi connectivity index (χ0n) is 12.4. The molecule has 0 spiro atoms. The smallest absolute Gasteiger partial charge is 0.410 e. The first-order valence-corrected chi connectivity index (χ1v) is 7.07. The summed E-state index contributed by atoms with van der Waals surface area (Å²) in [5, 5.41) is 9.85. The van der Waals surface area contributed by atoms with Crippen molar-refractivity contribution in [2.45, 2.75) is 51.4 Å². The lowest BCUT2D eigenvalue weighted by molar-refractivity contribution is 0.0208. The number of amides is 1. The molecular formula is C16H23NO3. The molecule has 0 aliphatic carbocycles. The maximum atomic E-state index is 12.2. The Balaban J connectivity index is 2.05. The van der Waals surface area contributed by atoms with Crippen molar-refractivity contribution >= 4 is 6.09 Å². The highest BCUT2D eigenvalue weighted by Crippen LogP contribution is 2.24. The molecular weight excluding hydrogens is 254 g/mol. The lowest BCUT2D eigenvalue weighted by Gasteiger charge is -2.28. The van der Waals surface area contributed by atoms with Gasteiger partial charge in [-0.1, -0.05) is 30.3 Å². The Bertz CT molecular complexity index is 453. The van der Waals surface area contributed by atoms with Crippen LogP contribution in [0, 0.1) is 0 Å². The third-order valence-corrected chi connectivity index (χ3v) is 3.33. The summed E-state index contributed by atoms with van der Waals surface area (Å²) in [5.74, 6) is 0. The quantitative estimate of drug-likeness (QED) is 0.904. The Morgan fingerprint density at radius 1 is 1.35 bits per heavy atom. The molecule has 0 aromatic heterocycles. The van der Waals surface area contributed by atoms with Gasteiger partial charge >= 0.3 is 6.09 Å². The average Bonchev–Trinajstić information content (AvgIpc) is 2.69. The van der Waals surface area contributed by atoms with Crippen molar-refractivity contribution in [1.29, 1.82) is 0 Å². The molecule has 20 heavy (non-hydrogen) atoms. The number of likely N-dealkylation sites (tertiary alicyclic amines) is 1. The number of carbonyl (C=O) groups excluding carboxylic acids is 1. The summed E-state index contributed by atoms with van der Waals surface area (Å²) in [7, 11) is 0. The van der Waals surface area contributed by atoms with Crippen LogP contribution < -0.4 is 0 Å². The number of β-amino-alcohol motifs (C(OH)–C–C–N with tert-alkyl or cyclic N) is 1. The van der Waals surface area contributed by atoms with E-state index in [-0.39, 0.29) is 12.1 Å². The predicted octanol–water partition coefficient (Wildman–Crippen LogP) is 2.60. The number of ether oxygens (including phenoxy) is 1. The van der Waals surface area contributed by atoms with E-state index in [0.717, 1.165) is 6.42 Å². The molecule has 4 heteroatoms. The summed E-state index contributed by atoms with van der Waals surface area (Å²) < 4.78 is 5.41. The highest BCUT2D eigenvalue weighted by Gasteiger charge is 2.36. The van der Waals surface area contributed by atoms with Crippen LogP contribution in [0.4, 0.5) is 4.79 Å². The number of carbonyl (C=O) groups is 1. The van der Waals surface area contributed by atoms with E-state index in [4.69, 9.17) is 4.74 Å². The van der Waals surface area contributed by atoms with Gasteiger partial charge in [-0.15, -0.1) is 0 Å². The van der Waals surface area contributed by atoms with Crippen LogP contribution in [-0.4, -0.2) is 40.4 Å². The molecule has 1 saturated heterocycles. The largest absolute Gasteiger partial charge is 0.444 e. The first-order valence-electron chi connectivity index (χ1n) is 7.07. The number of hydrogen-bond donors (Lipinski definition) is 1. The van der Waals surface area contributed by atoms with Gasteiger partial charge in [0.15, 0.2) is 0 Å². The minimum atomic E-state index is -0.512. The van der Waals surface area contributed by atoms with Crippen LogP contribution in [0.25, 0.3) is 0 Å². The maximum Gasteiger partial charge on any atom is 0.410 e. The summed E-state index contributed by atoms with van der Waals surface area (Å²) in [5.41, 5.74) is 0.655. The van der Waals surface area contributed by atoms with E-state index in [2.05, 4.69) is 0 Å². The molecule has 1 fully saturated rings. The van der Waals surface area contributed by atoms with Crippen LogP contribution in [0.15, 0.2) is 30.3 Å². The van der Waals surface area contributed by atoms with E-state index >= 15 is 0 Å². The van der Waals surface area contributed by atoms with Gasteiger partial charge in [-0.2, -0.15) is 0 Å². The first-order chi connectivity index (χ1) is 9.35. The van der Waals surface area contributed by atoms with E-state index in [1.165, 1.54) is 5.56 Å². The molecule has 0 bridgehead atoms. The second kappa shape index (κ2) is 5.83. The summed E-state index contributed by atoms with van der Waals surface area (Å²) >= 11 is 0. The number of rotatable bonds is 2. The molecule has 2 atom stereocenters. The first kappa shape index (κ1) is 14.9. The maximum absolute atomic E-state index is 12.2. The number of hydrogen-bond acceptors (Lipinski definition) is 3. The lowest BCUT2D eigenvalue weighted by atomic mass is 10.0. The molecule has 0 radical (unpaired) electrons. The number of nitrogens with zero attached hydrogens (tertiary/aromatic N) is 1. The minimum absolute atomic E-state index is 0.00208. The van der Waals surface area contributed by atoms with Gasteiger partial charge in [0.05, 0.1) is 12.6 Å². The summed E-state index contributed by atoms with van der Waals surface area (Å²) in [4.78, 5) is 13.9. The van der Waals surface area contributed by atoms with Gasteiger partial charge in [0.2, 0.25) is 0 Å². The third kappa shape index (κ3) is 3.97. The Morgan fingerprint density at radius 3 is 2.60 bits per heavy atom. The van der Waals surface area contributed by atoms with Gasteiger partial charge < -0.3 is 14.7 Å². The fraction of sp³-hybridized carbons (Fsp3) is 0.562. The summed E-state index contributed by atoms with van der Waals surface area (Å²) in [6.07, 6.45) is 0.553. The Morgan fingerprint density at radius 2 is 2.00 bits per heavy atom. The van der Waals surface area contributed by atoms with Crippen molar-refractivity contribution in [3.05, 3.63) is 35.9 Å². The highest BCUT2D eigenvalue weighted by atomic mass is 16.6. The lowest BCUT2D eigenvalue weighted by Crippen LogP contribution is -2.41. The van der Waals surface area contributed by atoms with Crippen LogP contribution in [0.1, 0.15) is 32.8 Å². The molecule has 1 aliphatic rings. The van der Waals surface area contributed by atoms with Crippen molar-refractivity contribution in [3.63, 3.8) is 0 Å². The fourth-order valence-electron chi connectivity index (χ4n) is 2.52. The second-order valence-electron chi connectivity index (χ2n) is 6.37. The van der Waals surface area contributed by atoms with E-state index < -0.39 is 11.7 Å². The Hall–Kier alpha value is -1.55. The molecule has 1 aromatic rings. The van der Waals surface area contributed by atoms with E-state index in [9.17, 15) is 9.90 Å². The topological polar surface area (TPSA) is 49.8 Å². The van der Waals surface area contributed by atoms with E-state index in [0.29, 0.717) is 13.0 Å². The molecule has 1 aliphatic heterocycles. The Kier molecular flexibility index (Phi) is 4.33. The summed E-state index contributed by atoms with van der Waals surface area (Å²) in [6.45, 7) is 5.91. The molecule has 1 aromatic carbocycles. The second-order valence-corrected chi connectivity index (χ2v) is 6.37. The van der Waals surface area contributed by atoms with Crippen LogP contribution in [0.5, 0.6) is 0 Å². The Labute approximate surface area is 120 Å². The molecule has 1 N–H and O–H groups in total. The number of aliphatic hydroxyl groups is 1. The van der Waals surface area contributed by atoms with Gasteiger partial charge in [0, 0.05) is 6.04 Å². The predicted molar refractivity (Wildman–Crippen MR) is 77.5 cm³/mol. The van der Waals surface area contributed by atoms with E-state index in [1.807, 2.05) is 51.1 Å². The monoisotopic (exact) mass is 277 g/mol. The van der Waals surface area contributed by atoms with Gasteiger partial charge in [0.25, 0.3) is 0 Å². The van der Waals surface area contributed by atoms with Gasteiger partial charge in [-0.25, -0.2) is 4.79 Å². The van der Waals surface area contributed by atoms with Crippen LogP contribution in [-0.2, 0) is 11.2 Å². The third-order valence-electron chi connectivity index (χ3n) is 3.33. The zero-order valence-corrected chi connectivity index (χ0v) is 12.4. The standard InChI is InChI=1S/C16H23NO3/c1-16(2,3)20-15(19)17-11-14(18)10-13(17)9-12-7-5-4-6-8-12/h4-8,13-14,18H,9-11H2,1-3H3/t13?,14-/m1/s1. The average molecular weight is 277 g/mol. The van der Waals surface area contributed by atoms with E-state index in [1.54, 1.807) is 4.90 Å².